The van der Waals surface area contributed by atoms with Gasteiger partial charge in [-0.3, -0.25) is 4.79 Å². The molecule has 0 atom stereocenters. The van der Waals surface area contributed by atoms with Crippen molar-refractivity contribution in [3.05, 3.63) is 64.7 Å². The van der Waals surface area contributed by atoms with E-state index in [0.29, 0.717) is 17.9 Å². The summed E-state index contributed by atoms with van der Waals surface area (Å²) >= 11 is 5.97. The second-order valence-electron chi connectivity index (χ2n) is 6.73. The van der Waals surface area contributed by atoms with Crippen LogP contribution >= 0.6 is 11.6 Å². The molecule has 2 aromatic carbocycles. The fourth-order valence-electron chi connectivity index (χ4n) is 3.10. The van der Waals surface area contributed by atoms with E-state index in [1.807, 2.05) is 32.9 Å². The van der Waals surface area contributed by atoms with Crippen molar-refractivity contribution < 1.29 is 13.2 Å². The molecule has 0 spiro atoms. The van der Waals surface area contributed by atoms with Gasteiger partial charge in [-0.2, -0.15) is 0 Å². The maximum atomic E-state index is 12.5. The molecule has 0 radical (unpaired) electrons. The summed E-state index contributed by atoms with van der Waals surface area (Å²) < 4.78 is 24.9. The minimum Gasteiger partial charge on any atom is -0.347 e. The molecule has 0 bridgehead atoms. The summed E-state index contributed by atoms with van der Waals surface area (Å²) in [5, 5.41) is 3.69. The Hall–Kier alpha value is -1.85. The molecule has 0 aliphatic carbocycles. The van der Waals surface area contributed by atoms with Gasteiger partial charge in [-0.05, 0) is 49.6 Å². The first-order valence-electron chi connectivity index (χ1n) is 9.09. The Kier molecular flexibility index (Phi) is 7.06. The van der Waals surface area contributed by atoms with Crippen LogP contribution in [0.1, 0.15) is 44.2 Å². The third kappa shape index (κ3) is 5.33. The number of aryl methyl sites for hydroxylation is 1. The average molecular weight is 408 g/mol. The lowest BCUT2D eigenvalue weighted by atomic mass is 9.84. The highest BCUT2D eigenvalue weighted by Gasteiger charge is 2.30. The fraction of sp³-hybridized carbons (Fsp3) is 0.381. The molecular formula is C21H26ClNO3S. The molecule has 27 heavy (non-hydrogen) atoms. The predicted octanol–water partition coefficient (Wildman–Crippen LogP) is 4.64. The van der Waals surface area contributed by atoms with Gasteiger partial charge in [0.25, 0.3) is 0 Å². The van der Waals surface area contributed by atoms with E-state index in [1.165, 1.54) is 0 Å². The van der Waals surface area contributed by atoms with Crippen LogP contribution in [0.4, 0.5) is 0 Å². The number of halogens is 1. The topological polar surface area (TPSA) is 63.2 Å². The Balaban J connectivity index is 2.10. The number of hydrogen-bond donors (Lipinski definition) is 1. The number of nitrogens with one attached hydrogen (secondary N) is 1. The molecule has 0 aliphatic heterocycles. The molecule has 0 unspecified atom stereocenters. The van der Waals surface area contributed by atoms with E-state index < -0.39 is 15.4 Å². The Bertz CT molecular complexity index is 871. The summed E-state index contributed by atoms with van der Waals surface area (Å²) in [6.45, 7) is 5.90. The first-order valence-corrected chi connectivity index (χ1v) is 11.1. The van der Waals surface area contributed by atoms with E-state index >= 15 is 0 Å². The van der Waals surface area contributed by atoms with Gasteiger partial charge in [0.05, 0.1) is 16.2 Å². The van der Waals surface area contributed by atoms with Gasteiger partial charge in [-0.15, -0.1) is 0 Å². The second kappa shape index (κ2) is 8.89. The van der Waals surface area contributed by atoms with E-state index in [4.69, 9.17) is 11.6 Å². The zero-order chi connectivity index (χ0) is 20.1. The van der Waals surface area contributed by atoms with Crippen LogP contribution in [-0.2, 0) is 20.2 Å². The molecule has 0 saturated carbocycles. The lowest BCUT2D eigenvalue weighted by molar-refractivity contribution is -0.122. The van der Waals surface area contributed by atoms with Crippen LogP contribution in [0.3, 0.4) is 0 Å². The number of sulfone groups is 1. The average Bonchev–Trinajstić information content (AvgIpc) is 2.66. The Labute approximate surface area is 166 Å². The van der Waals surface area contributed by atoms with Gasteiger partial charge in [0.2, 0.25) is 5.91 Å². The first kappa shape index (κ1) is 21.5. The molecule has 1 N–H and O–H groups in total. The third-order valence-electron chi connectivity index (χ3n) is 4.96. The van der Waals surface area contributed by atoms with E-state index in [-0.39, 0.29) is 23.0 Å². The molecule has 146 valence electrons. The number of rotatable bonds is 8. The van der Waals surface area contributed by atoms with Gasteiger partial charge in [-0.25, -0.2) is 8.42 Å². The van der Waals surface area contributed by atoms with E-state index in [0.717, 1.165) is 11.1 Å². The van der Waals surface area contributed by atoms with Gasteiger partial charge < -0.3 is 5.32 Å². The quantitative estimate of drug-likeness (QED) is 0.693. The van der Waals surface area contributed by atoms with Crippen LogP contribution in [0, 0.1) is 6.92 Å². The van der Waals surface area contributed by atoms with Crippen LogP contribution in [0.2, 0.25) is 5.02 Å². The Morgan fingerprint density at radius 2 is 1.56 bits per heavy atom. The lowest BCUT2D eigenvalue weighted by Gasteiger charge is -2.33. The molecule has 2 rings (SSSR count). The summed E-state index contributed by atoms with van der Waals surface area (Å²) in [5.41, 5.74) is 1.42. The van der Waals surface area contributed by atoms with E-state index in [1.54, 1.807) is 36.4 Å². The smallest absolute Gasteiger partial charge is 0.221 e. The molecule has 2 aromatic rings. The van der Waals surface area contributed by atoms with Crippen molar-refractivity contribution in [1.29, 1.82) is 0 Å². The lowest BCUT2D eigenvalue weighted by Crippen LogP contribution is -2.45. The van der Waals surface area contributed by atoms with Crippen LogP contribution < -0.4 is 5.32 Å². The van der Waals surface area contributed by atoms with Crippen molar-refractivity contribution in [2.24, 2.45) is 0 Å². The molecule has 0 saturated heterocycles. The molecule has 6 heteroatoms. The second-order valence-corrected chi connectivity index (χ2v) is 9.27. The van der Waals surface area contributed by atoms with Crippen LogP contribution in [0.5, 0.6) is 0 Å². The number of carbonyl (C=O) groups is 1. The monoisotopic (exact) mass is 407 g/mol. The standard InChI is InChI=1S/C21H26ClNO3S/c1-4-21(5-2,17-8-10-18(22)11-9-17)23-20(24)14-15-27(25,26)19-12-6-16(3)7-13-19/h6-13H,4-5,14-15H2,1-3H3,(H,23,24). The van der Waals surface area contributed by atoms with Gasteiger partial charge in [0, 0.05) is 11.4 Å². The van der Waals surface area contributed by atoms with Crippen molar-refractivity contribution in [2.45, 2.75) is 50.5 Å². The zero-order valence-corrected chi connectivity index (χ0v) is 17.5. The summed E-state index contributed by atoms with van der Waals surface area (Å²) in [6, 6.07) is 14.1. The maximum absolute atomic E-state index is 12.5. The molecule has 4 nitrogen and oxygen atoms in total. The number of benzene rings is 2. The molecular weight excluding hydrogens is 382 g/mol. The predicted molar refractivity (Wildman–Crippen MR) is 110 cm³/mol. The van der Waals surface area contributed by atoms with Crippen LogP contribution in [-0.4, -0.2) is 20.1 Å². The number of hydrogen-bond acceptors (Lipinski definition) is 3. The third-order valence-corrected chi connectivity index (χ3v) is 6.94. The van der Waals surface area contributed by atoms with Crippen molar-refractivity contribution in [3.8, 4) is 0 Å². The highest BCUT2D eigenvalue weighted by Crippen LogP contribution is 2.30. The zero-order valence-electron chi connectivity index (χ0n) is 16.0. The largest absolute Gasteiger partial charge is 0.347 e. The van der Waals surface area contributed by atoms with Crippen LogP contribution in [0.25, 0.3) is 0 Å². The summed E-state index contributed by atoms with van der Waals surface area (Å²) in [6.07, 6.45) is 1.31. The first-order chi connectivity index (χ1) is 12.7. The summed E-state index contributed by atoms with van der Waals surface area (Å²) in [7, 11) is -3.49. The number of amides is 1. The summed E-state index contributed by atoms with van der Waals surface area (Å²) in [5.74, 6) is -0.490. The van der Waals surface area contributed by atoms with E-state index in [2.05, 4.69) is 5.32 Å². The highest BCUT2D eigenvalue weighted by atomic mass is 35.5. The van der Waals surface area contributed by atoms with Gasteiger partial charge >= 0.3 is 0 Å². The van der Waals surface area contributed by atoms with Crippen molar-refractivity contribution >= 4 is 27.3 Å². The molecule has 0 heterocycles. The van der Waals surface area contributed by atoms with Gasteiger partial charge in [0.1, 0.15) is 0 Å². The van der Waals surface area contributed by atoms with Crippen LogP contribution in [0.15, 0.2) is 53.4 Å². The Morgan fingerprint density at radius 3 is 2.07 bits per heavy atom. The maximum Gasteiger partial charge on any atom is 0.221 e. The minimum absolute atomic E-state index is 0.0778. The highest BCUT2D eigenvalue weighted by molar-refractivity contribution is 7.91. The van der Waals surface area contributed by atoms with Gasteiger partial charge in [0.15, 0.2) is 9.84 Å². The normalized spacial score (nSPS) is 12.0. The number of carbonyl (C=O) groups excluding carboxylic acids is 1. The molecule has 0 fully saturated rings. The molecule has 1 amide bonds. The van der Waals surface area contributed by atoms with Crippen molar-refractivity contribution in [2.75, 3.05) is 5.75 Å². The minimum atomic E-state index is -3.49. The SMILES string of the molecule is CCC(CC)(NC(=O)CCS(=O)(=O)c1ccc(C)cc1)c1ccc(Cl)cc1. The van der Waals surface area contributed by atoms with Gasteiger partial charge in [-0.1, -0.05) is 55.3 Å². The Morgan fingerprint density at radius 1 is 1.00 bits per heavy atom. The van der Waals surface area contributed by atoms with E-state index in [9.17, 15) is 13.2 Å². The molecule has 0 aromatic heterocycles. The fourth-order valence-corrected chi connectivity index (χ4v) is 4.46. The van der Waals surface area contributed by atoms with Crippen molar-refractivity contribution in [3.63, 3.8) is 0 Å². The molecule has 0 aliphatic rings. The van der Waals surface area contributed by atoms with Crippen molar-refractivity contribution in [1.82, 2.24) is 5.32 Å². The summed E-state index contributed by atoms with van der Waals surface area (Å²) in [4.78, 5) is 12.8.